The van der Waals surface area contributed by atoms with Gasteiger partial charge in [-0.15, -0.1) is 0 Å². The molecule has 0 spiro atoms. The fraction of sp³-hybridized carbons (Fsp3) is 0.286. The van der Waals surface area contributed by atoms with Gasteiger partial charge in [0.25, 0.3) is 0 Å². The number of likely N-dealkylation sites (N-methyl/N-ethyl adjacent to an activating group) is 1. The summed E-state index contributed by atoms with van der Waals surface area (Å²) >= 11 is 5.44. The molecule has 0 amide bonds. The number of aromatic amines is 1. The van der Waals surface area contributed by atoms with E-state index in [1.807, 2.05) is 36.7 Å². The normalized spacial score (nSPS) is 22.6. The number of hydrogen-bond donors (Lipinski definition) is 2. The largest absolute Gasteiger partial charge is 0.363 e. The Morgan fingerprint density at radius 3 is 2.84 bits per heavy atom. The minimum atomic E-state index is 0.0901. The van der Waals surface area contributed by atoms with Crippen molar-refractivity contribution in [3.05, 3.63) is 54.1 Å². The number of pyridine rings is 1. The first-order valence-electron chi connectivity index (χ1n) is 6.42. The predicted molar refractivity (Wildman–Crippen MR) is 78.6 cm³/mol. The Hall–Kier alpha value is -1.88. The summed E-state index contributed by atoms with van der Waals surface area (Å²) in [6.07, 6.45) is 3.76. The fourth-order valence-corrected chi connectivity index (χ4v) is 2.98. The molecule has 0 radical (unpaired) electrons. The molecule has 1 fully saturated rings. The second-order valence-electron chi connectivity index (χ2n) is 4.54. The summed E-state index contributed by atoms with van der Waals surface area (Å²) in [5.74, 6) is 0. The summed E-state index contributed by atoms with van der Waals surface area (Å²) in [4.78, 5) is 9.95. The third-order valence-corrected chi connectivity index (χ3v) is 3.83. The maximum Gasteiger partial charge on any atom is 0.170 e. The Morgan fingerprint density at radius 2 is 2.21 bits per heavy atom. The van der Waals surface area contributed by atoms with Crippen molar-refractivity contribution in [3.8, 4) is 0 Å². The van der Waals surface area contributed by atoms with Crippen molar-refractivity contribution in [2.45, 2.75) is 19.0 Å². The second kappa shape index (κ2) is 5.01. The van der Waals surface area contributed by atoms with Gasteiger partial charge in [-0.05, 0) is 43.4 Å². The Balaban J connectivity index is 2.01. The topological polar surface area (TPSA) is 44.0 Å². The van der Waals surface area contributed by atoms with E-state index in [4.69, 9.17) is 12.2 Å². The Morgan fingerprint density at radius 1 is 1.32 bits per heavy atom. The van der Waals surface area contributed by atoms with Gasteiger partial charge in [0, 0.05) is 24.6 Å². The van der Waals surface area contributed by atoms with Crippen LogP contribution in [0.5, 0.6) is 0 Å². The molecular weight excluding hydrogens is 256 g/mol. The van der Waals surface area contributed by atoms with Crippen LogP contribution in [-0.4, -0.2) is 26.5 Å². The van der Waals surface area contributed by atoms with Crippen molar-refractivity contribution >= 4 is 17.3 Å². The molecule has 19 heavy (non-hydrogen) atoms. The Kier molecular flexibility index (Phi) is 3.21. The number of aromatic nitrogens is 2. The van der Waals surface area contributed by atoms with E-state index in [-0.39, 0.29) is 12.1 Å². The molecule has 0 bridgehead atoms. The number of rotatable bonds is 3. The standard InChI is InChI=1S/C14H16N4S/c1-2-18-13(11-7-5-9-16-11)12(17-14(18)19)10-6-3-4-8-15-10/h3-9,12-13,16H,2H2,1H3,(H,17,19)/t12-,13-/m0/s1. The van der Waals surface area contributed by atoms with Crippen LogP contribution < -0.4 is 5.32 Å². The van der Waals surface area contributed by atoms with Crippen LogP contribution in [0, 0.1) is 0 Å². The first-order valence-corrected chi connectivity index (χ1v) is 6.83. The van der Waals surface area contributed by atoms with Crippen LogP contribution in [-0.2, 0) is 0 Å². The van der Waals surface area contributed by atoms with Crippen molar-refractivity contribution in [3.63, 3.8) is 0 Å². The Bertz CT molecular complexity index is 552. The lowest BCUT2D eigenvalue weighted by atomic mass is 10.0. The van der Waals surface area contributed by atoms with E-state index in [9.17, 15) is 0 Å². The maximum atomic E-state index is 5.44. The molecular formula is C14H16N4S. The van der Waals surface area contributed by atoms with Crippen molar-refractivity contribution in [2.24, 2.45) is 0 Å². The van der Waals surface area contributed by atoms with Crippen LogP contribution in [0.3, 0.4) is 0 Å². The van der Waals surface area contributed by atoms with Crippen molar-refractivity contribution in [1.82, 2.24) is 20.2 Å². The number of H-pyrrole nitrogens is 1. The van der Waals surface area contributed by atoms with Gasteiger partial charge in [-0.1, -0.05) is 6.07 Å². The predicted octanol–water partition coefficient (Wildman–Crippen LogP) is 2.40. The molecule has 2 N–H and O–H groups in total. The number of hydrogen-bond acceptors (Lipinski definition) is 2. The Labute approximate surface area is 117 Å². The van der Waals surface area contributed by atoms with Gasteiger partial charge in [-0.25, -0.2) is 0 Å². The average Bonchev–Trinajstić information content (AvgIpc) is 3.06. The van der Waals surface area contributed by atoms with E-state index in [0.717, 1.165) is 23.0 Å². The molecule has 5 heteroatoms. The molecule has 0 aromatic carbocycles. The molecule has 2 atom stereocenters. The van der Waals surface area contributed by atoms with Gasteiger partial charge in [0.15, 0.2) is 5.11 Å². The van der Waals surface area contributed by atoms with Gasteiger partial charge >= 0.3 is 0 Å². The monoisotopic (exact) mass is 272 g/mol. The number of nitrogens with one attached hydrogen (secondary N) is 2. The highest BCUT2D eigenvalue weighted by molar-refractivity contribution is 7.80. The summed E-state index contributed by atoms with van der Waals surface area (Å²) in [6, 6.07) is 10.3. The number of thiocarbonyl (C=S) groups is 1. The summed E-state index contributed by atoms with van der Waals surface area (Å²) in [5, 5.41) is 4.17. The number of nitrogens with zero attached hydrogens (tertiary/aromatic N) is 2. The van der Waals surface area contributed by atoms with Crippen molar-refractivity contribution in [1.29, 1.82) is 0 Å². The molecule has 1 saturated heterocycles. The fourth-order valence-electron chi connectivity index (χ4n) is 2.61. The molecule has 0 unspecified atom stereocenters. The zero-order chi connectivity index (χ0) is 13.2. The maximum absolute atomic E-state index is 5.44. The minimum Gasteiger partial charge on any atom is -0.363 e. The summed E-state index contributed by atoms with van der Waals surface area (Å²) in [5.41, 5.74) is 2.17. The zero-order valence-corrected chi connectivity index (χ0v) is 11.5. The van der Waals surface area contributed by atoms with Gasteiger partial charge in [0.1, 0.15) is 0 Å². The zero-order valence-electron chi connectivity index (χ0n) is 10.7. The first-order chi connectivity index (χ1) is 9.31. The van der Waals surface area contributed by atoms with Gasteiger partial charge < -0.3 is 15.2 Å². The third kappa shape index (κ3) is 2.10. The lowest BCUT2D eigenvalue weighted by Gasteiger charge is -2.25. The van der Waals surface area contributed by atoms with Crippen LogP contribution in [0.2, 0.25) is 0 Å². The van der Waals surface area contributed by atoms with Crippen molar-refractivity contribution in [2.75, 3.05) is 6.54 Å². The smallest absolute Gasteiger partial charge is 0.170 e. The molecule has 2 aromatic rings. The SMILES string of the molecule is CCN1C(=S)N[C@@H](c2ccccn2)[C@@H]1c1ccc[nH]1. The van der Waals surface area contributed by atoms with Gasteiger partial charge in [-0.3, -0.25) is 4.98 Å². The quantitative estimate of drug-likeness (QED) is 0.842. The molecule has 4 nitrogen and oxygen atoms in total. The third-order valence-electron chi connectivity index (χ3n) is 3.48. The molecule has 2 aromatic heterocycles. The van der Waals surface area contributed by atoms with E-state index in [0.29, 0.717) is 0 Å². The van der Waals surface area contributed by atoms with Gasteiger partial charge in [0.2, 0.25) is 0 Å². The molecule has 3 heterocycles. The van der Waals surface area contributed by atoms with Crippen LogP contribution in [0.15, 0.2) is 42.7 Å². The van der Waals surface area contributed by atoms with E-state index in [2.05, 4.69) is 33.2 Å². The van der Waals surface area contributed by atoms with E-state index in [1.165, 1.54) is 0 Å². The molecule has 1 aliphatic rings. The van der Waals surface area contributed by atoms with Crippen LogP contribution >= 0.6 is 12.2 Å². The summed E-state index contributed by atoms with van der Waals surface area (Å²) < 4.78 is 0. The highest BCUT2D eigenvalue weighted by Gasteiger charge is 2.39. The highest BCUT2D eigenvalue weighted by atomic mass is 32.1. The molecule has 0 saturated carbocycles. The lowest BCUT2D eigenvalue weighted by molar-refractivity contribution is 0.325. The second-order valence-corrected chi connectivity index (χ2v) is 4.92. The summed E-state index contributed by atoms with van der Waals surface area (Å²) in [7, 11) is 0. The molecule has 98 valence electrons. The first kappa shape index (κ1) is 12.2. The molecule has 1 aliphatic heterocycles. The average molecular weight is 272 g/mol. The van der Waals surface area contributed by atoms with Crippen molar-refractivity contribution < 1.29 is 0 Å². The highest BCUT2D eigenvalue weighted by Crippen LogP contribution is 2.37. The molecule has 3 rings (SSSR count). The van der Waals surface area contributed by atoms with Gasteiger partial charge in [0.05, 0.1) is 17.8 Å². The van der Waals surface area contributed by atoms with E-state index < -0.39 is 0 Å². The van der Waals surface area contributed by atoms with E-state index >= 15 is 0 Å². The van der Waals surface area contributed by atoms with Crippen LogP contribution in [0.25, 0.3) is 0 Å². The summed E-state index contributed by atoms with van der Waals surface area (Å²) in [6.45, 7) is 2.99. The van der Waals surface area contributed by atoms with E-state index in [1.54, 1.807) is 0 Å². The van der Waals surface area contributed by atoms with Crippen LogP contribution in [0.1, 0.15) is 30.4 Å². The van der Waals surface area contributed by atoms with Crippen LogP contribution in [0.4, 0.5) is 0 Å². The van der Waals surface area contributed by atoms with Gasteiger partial charge in [-0.2, -0.15) is 0 Å². The lowest BCUT2D eigenvalue weighted by Crippen LogP contribution is -2.29. The minimum absolute atomic E-state index is 0.0901. The molecule has 0 aliphatic carbocycles.